The molecular formula is C23H27N3O5. The van der Waals surface area contributed by atoms with Crippen LogP contribution in [0.5, 0.6) is 11.5 Å². The lowest BCUT2D eigenvalue weighted by Crippen LogP contribution is -2.46. The molecule has 0 aromatic heterocycles. The van der Waals surface area contributed by atoms with Gasteiger partial charge in [0.05, 0.1) is 14.2 Å². The molecule has 8 nitrogen and oxygen atoms in total. The highest BCUT2D eigenvalue weighted by atomic mass is 16.5. The average molecular weight is 425 g/mol. The molecule has 0 spiro atoms. The van der Waals surface area contributed by atoms with E-state index in [-0.39, 0.29) is 23.8 Å². The lowest BCUT2D eigenvalue weighted by Gasteiger charge is -2.32. The van der Waals surface area contributed by atoms with Crippen molar-refractivity contribution in [3.63, 3.8) is 0 Å². The predicted molar refractivity (Wildman–Crippen MR) is 117 cm³/mol. The third-order valence-corrected chi connectivity index (χ3v) is 5.19. The first-order chi connectivity index (χ1) is 14.9. The minimum absolute atomic E-state index is 0.0219. The summed E-state index contributed by atoms with van der Waals surface area (Å²) in [6.07, 6.45) is 1.33. The fourth-order valence-corrected chi connectivity index (χ4v) is 3.59. The summed E-state index contributed by atoms with van der Waals surface area (Å²) >= 11 is 0. The Kier molecular flexibility index (Phi) is 7.12. The van der Waals surface area contributed by atoms with Crippen LogP contribution >= 0.6 is 0 Å². The highest BCUT2D eigenvalue weighted by Crippen LogP contribution is 2.28. The number of nitrogens with zero attached hydrogens (tertiary/aromatic N) is 1. The van der Waals surface area contributed by atoms with Gasteiger partial charge in [0.2, 0.25) is 5.91 Å². The van der Waals surface area contributed by atoms with E-state index >= 15 is 0 Å². The van der Waals surface area contributed by atoms with Gasteiger partial charge in [0.1, 0.15) is 0 Å². The molecule has 0 saturated carbocycles. The van der Waals surface area contributed by atoms with Crippen LogP contribution < -0.4 is 20.1 Å². The molecule has 1 aliphatic rings. The summed E-state index contributed by atoms with van der Waals surface area (Å²) in [5.41, 5.74) is 1.60. The number of methoxy groups -OCH3 is 2. The van der Waals surface area contributed by atoms with E-state index in [1.54, 1.807) is 54.5 Å². The first kappa shape index (κ1) is 22.1. The van der Waals surface area contributed by atoms with E-state index in [4.69, 9.17) is 9.47 Å². The predicted octanol–water partition coefficient (Wildman–Crippen LogP) is 2.70. The molecule has 1 saturated heterocycles. The van der Waals surface area contributed by atoms with Crippen LogP contribution in [0.3, 0.4) is 0 Å². The molecular weight excluding hydrogens is 398 g/mol. The van der Waals surface area contributed by atoms with Crippen LogP contribution in [0.1, 0.15) is 40.5 Å². The number of likely N-dealkylation sites (tertiary alicyclic amines) is 1. The second kappa shape index (κ2) is 9.97. The number of carbonyl (C=O) groups is 3. The Hall–Kier alpha value is -3.55. The molecule has 0 aliphatic carbocycles. The van der Waals surface area contributed by atoms with Crippen molar-refractivity contribution >= 4 is 23.4 Å². The smallest absolute Gasteiger partial charge is 0.253 e. The number of anilines is 1. The Morgan fingerprint density at radius 2 is 1.65 bits per heavy atom. The first-order valence-corrected chi connectivity index (χ1v) is 10.1. The minimum Gasteiger partial charge on any atom is -0.493 e. The molecule has 0 unspecified atom stereocenters. The van der Waals surface area contributed by atoms with Crippen molar-refractivity contribution in [2.45, 2.75) is 25.8 Å². The third kappa shape index (κ3) is 5.53. The Morgan fingerprint density at radius 1 is 0.935 bits per heavy atom. The van der Waals surface area contributed by atoms with Gasteiger partial charge >= 0.3 is 0 Å². The fraction of sp³-hybridized carbons (Fsp3) is 0.348. The molecule has 1 fully saturated rings. The van der Waals surface area contributed by atoms with Gasteiger partial charge in [-0.3, -0.25) is 14.4 Å². The number of hydrogen-bond donors (Lipinski definition) is 2. The third-order valence-electron chi connectivity index (χ3n) is 5.19. The van der Waals surface area contributed by atoms with Gasteiger partial charge in [-0.15, -0.1) is 0 Å². The summed E-state index contributed by atoms with van der Waals surface area (Å²) < 4.78 is 10.5. The van der Waals surface area contributed by atoms with Crippen molar-refractivity contribution in [2.24, 2.45) is 0 Å². The average Bonchev–Trinajstić information content (AvgIpc) is 2.78. The van der Waals surface area contributed by atoms with Crippen LogP contribution in [0.2, 0.25) is 0 Å². The Labute approximate surface area is 181 Å². The number of nitrogens with one attached hydrogen (secondary N) is 2. The molecule has 2 N–H and O–H groups in total. The number of carbonyl (C=O) groups excluding carboxylic acids is 3. The van der Waals surface area contributed by atoms with Crippen molar-refractivity contribution in [3.05, 3.63) is 53.6 Å². The zero-order chi connectivity index (χ0) is 22.4. The zero-order valence-electron chi connectivity index (χ0n) is 17.9. The molecule has 1 aliphatic heterocycles. The second-order valence-electron chi connectivity index (χ2n) is 7.37. The highest BCUT2D eigenvalue weighted by molar-refractivity contribution is 5.97. The molecule has 8 heteroatoms. The van der Waals surface area contributed by atoms with Crippen molar-refractivity contribution in [1.29, 1.82) is 0 Å². The summed E-state index contributed by atoms with van der Waals surface area (Å²) in [5.74, 6) is 0.620. The van der Waals surface area contributed by atoms with Crippen LogP contribution in [-0.2, 0) is 4.79 Å². The van der Waals surface area contributed by atoms with Crippen LogP contribution in [0.4, 0.5) is 5.69 Å². The van der Waals surface area contributed by atoms with Crippen molar-refractivity contribution in [3.8, 4) is 11.5 Å². The van der Waals surface area contributed by atoms with E-state index in [1.165, 1.54) is 14.0 Å². The topological polar surface area (TPSA) is 97.0 Å². The molecule has 2 aromatic rings. The van der Waals surface area contributed by atoms with Gasteiger partial charge in [0, 0.05) is 42.9 Å². The van der Waals surface area contributed by atoms with Crippen molar-refractivity contribution in [1.82, 2.24) is 10.2 Å². The maximum Gasteiger partial charge on any atom is 0.253 e. The number of piperidine rings is 1. The number of rotatable bonds is 6. The Balaban J connectivity index is 1.56. The number of benzene rings is 2. The molecule has 3 rings (SSSR count). The van der Waals surface area contributed by atoms with Crippen molar-refractivity contribution < 1.29 is 23.9 Å². The molecule has 0 atom stereocenters. The number of hydrogen-bond acceptors (Lipinski definition) is 5. The summed E-state index contributed by atoms with van der Waals surface area (Å²) in [6, 6.07) is 11.9. The quantitative estimate of drug-likeness (QED) is 0.742. The molecule has 164 valence electrons. The van der Waals surface area contributed by atoms with Gasteiger partial charge in [-0.2, -0.15) is 0 Å². The van der Waals surface area contributed by atoms with E-state index in [0.29, 0.717) is 54.2 Å². The summed E-state index contributed by atoms with van der Waals surface area (Å²) in [5, 5.41) is 5.70. The Morgan fingerprint density at radius 3 is 2.29 bits per heavy atom. The van der Waals surface area contributed by atoms with Gasteiger partial charge in [0.25, 0.3) is 11.8 Å². The van der Waals surface area contributed by atoms with Crippen LogP contribution in [0.25, 0.3) is 0 Å². The minimum atomic E-state index is -0.197. The summed E-state index contributed by atoms with van der Waals surface area (Å²) in [4.78, 5) is 38.4. The lowest BCUT2D eigenvalue weighted by molar-refractivity contribution is -0.114. The van der Waals surface area contributed by atoms with E-state index in [0.717, 1.165) is 0 Å². The first-order valence-electron chi connectivity index (χ1n) is 10.1. The molecule has 0 radical (unpaired) electrons. The van der Waals surface area contributed by atoms with Crippen LogP contribution in [0.15, 0.2) is 42.5 Å². The largest absolute Gasteiger partial charge is 0.493 e. The van der Waals surface area contributed by atoms with E-state index in [2.05, 4.69) is 10.6 Å². The van der Waals surface area contributed by atoms with E-state index < -0.39 is 0 Å². The number of ether oxygens (including phenoxy) is 2. The van der Waals surface area contributed by atoms with E-state index in [9.17, 15) is 14.4 Å². The summed E-state index contributed by atoms with van der Waals surface area (Å²) in [7, 11) is 3.08. The van der Waals surface area contributed by atoms with Crippen molar-refractivity contribution in [2.75, 3.05) is 32.6 Å². The summed E-state index contributed by atoms with van der Waals surface area (Å²) in [6.45, 7) is 2.51. The molecule has 1 heterocycles. The van der Waals surface area contributed by atoms with Crippen LogP contribution in [0, 0.1) is 0 Å². The van der Waals surface area contributed by atoms with Gasteiger partial charge < -0.3 is 25.0 Å². The SMILES string of the molecule is COc1ccc(C(=O)N2CCC(NC(=O)c3cccc(NC(C)=O)c3)CC2)cc1OC. The normalized spacial score (nSPS) is 14.0. The lowest BCUT2D eigenvalue weighted by atomic mass is 10.0. The monoisotopic (exact) mass is 425 g/mol. The number of amides is 3. The van der Waals surface area contributed by atoms with Gasteiger partial charge in [0.15, 0.2) is 11.5 Å². The second-order valence-corrected chi connectivity index (χ2v) is 7.37. The zero-order valence-corrected chi connectivity index (χ0v) is 17.9. The highest BCUT2D eigenvalue weighted by Gasteiger charge is 2.25. The molecule has 3 amide bonds. The van der Waals surface area contributed by atoms with Gasteiger partial charge in [-0.1, -0.05) is 6.07 Å². The van der Waals surface area contributed by atoms with Gasteiger partial charge in [-0.25, -0.2) is 0 Å². The van der Waals surface area contributed by atoms with E-state index in [1.807, 2.05) is 0 Å². The fourth-order valence-electron chi connectivity index (χ4n) is 3.59. The maximum atomic E-state index is 12.9. The van der Waals surface area contributed by atoms with Crippen LogP contribution in [-0.4, -0.2) is 56.0 Å². The van der Waals surface area contributed by atoms with Gasteiger partial charge in [-0.05, 0) is 49.2 Å². The molecule has 31 heavy (non-hydrogen) atoms. The Bertz CT molecular complexity index is 967. The maximum absolute atomic E-state index is 12.9. The molecule has 2 aromatic carbocycles. The standard InChI is InChI=1S/C23H27N3O5/c1-15(27)24-19-6-4-5-16(13-19)22(28)25-18-9-11-26(12-10-18)23(29)17-7-8-20(30-2)21(14-17)31-3/h4-8,13-14,18H,9-12H2,1-3H3,(H,24,27)(H,25,28). The molecule has 0 bridgehead atoms.